The molecule has 0 aliphatic carbocycles. The van der Waals surface area contributed by atoms with Gasteiger partial charge in [0.15, 0.2) is 0 Å². The average Bonchev–Trinajstić information content (AvgIpc) is 2.91. The minimum Gasteiger partial charge on any atom is -0.378 e. The van der Waals surface area contributed by atoms with Crippen LogP contribution in [-0.2, 0) is 9.53 Å². The lowest BCUT2D eigenvalue weighted by Crippen LogP contribution is -2.57. The molecule has 3 heterocycles. The number of carbonyl (C=O) groups is 2. The number of benzene rings is 1. The second-order valence-electron chi connectivity index (χ2n) is 8.55. The largest absolute Gasteiger partial charge is 0.378 e. The molecule has 0 unspecified atom stereocenters. The van der Waals surface area contributed by atoms with Crippen LogP contribution in [0.15, 0.2) is 24.3 Å². The van der Waals surface area contributed by atoms with Crippen LogP contribution in [0.25, 0.3) is 0 Å². The SMILES string of the molecule is CCN1C(=O)N(c2ccc(Cl)cc2)C(=O)C12CCN(C[C@@H]1CCO[C@H](C)C1)CC2. The Balaban J connectivity index is 1.47. The van der Waals surface area contributed by atoms with Crippen molar-refractivity contribution in [2.75, 3.05) is 37.7 Å². The van der Waals surface area contributed by atoms with Crippen molar-refractivity contribution in [3.05, 3.63) is 29.3 Å². The third kappa shape index (κ3) is 3.78. The third-order valence-electron chi connectivity index (χ3n) is 6.73. The molecule has 6 nitrogen and oxygen atoms in total. The third-order valence-corrected chi connectivity index (χ3v) is 6.99. The molecule has 0 aromatic heterocycles. The second-order valence-corrected chi connectivity index (χ2v) is 8.98. The number of likely N-dealkylation sites (tertiary alicyclic amines) is 1. The van der Waals surface area contributed by atoms with Gasteiger partial charge in [-0.15, -0.1) is 0 Å². The Hall–Kier alpha value is -1.63. The molecule has 3 fully saturated rings. The van der Waals surface area contributed by atoms with Gasteiger partial charge in [0.25, 0.3) is 5.91 Å². The van der Waals surface area contributed by atoms with Crippen LogP contribution >= 0.6 is 11.6 Å². The van der Waals surface area contributed by atoms with Crippen molar-refractivity contribution in [3.8, 4) is 0 Å². The molecule has 0 radical (unpaired) electrons. The summed E-state index contributed by atoms with van der Waals surface area (Å²) in [6.45, 7) is 8.21. The standard InChI is InChI=1S/C22H30ClN3O3/c1-3-25-21(28)26(19-6-4-18(23)5-7-19)20(27)22(25)9-11-24(12-10-22)15-17-8-13-29-16(2)14-17/h4-7,16-17H,3,8-15H2,1-2H3/t16-,17-/m1/s1. The number of rotatable bonds is 4. The molecule has 1 aromatic rings. The quantitative estimate of drug-likeness (QED) is 0.697. The fourth-order valence-corrected chi connectivity index (χ4v) is 5.31. The first kappa shape index (κ1) is 20.6. The first-order valence-electron chi connectivity index (χ1n) is 10.7. The highest BCUT2D eigenvalue weighted by Crippen LogP contribution is 2.39. The lowest BCUT2D eigenvalue weighted by molar-refractivity contribution is -0.127. The molecule has 0 saturated carbocycles. The Labute approximate surface area is 177 Å². The number of nitrogens with zero attached hydrogens (tertiary/aromatic N) is 3. The Bertz CT molecular complexity index is 761. The number of hydrogen-bond acceptors (Lipinski definition) is 4. The Morgan fingerprint density at radius 3 is 2.48 bits per heavy atom. The summed E-state index contributed by atoms with van der Waals surface area (Å²) in [6.07, 6.45) is 3.92. The summed E-state index contributed by atoms with van der Waals surface area (Å²) < 4.78 is 5.67. The fraction of sp³-hybridized carbons (Fsp3) is 0.636. The van der Waals surface area contributed by atoms with E-state index in [0.717, 1.165) is 39.1 Å². The van der Waals surface area contributed by atoms with Crippen LogP contribution in [0.4, 0.5) is 10.5 Å². The van der Waals surface area contributed by atoms with Gasteiger partial charge in [-0.25, -0.2) is 9.69 Å². The van der Waals surface area contributed by atoms with Gasteiger partial charge in [-0.1, -0.05) is 11.6 Å². The van der Waals surface area contributed by atoms with E-state index in [9.17, 15) is 9.59 Å². The molecule has 1 aromatic carbocycles. The monoisotopic (exact) mass is 419 g/mol. The highest BCUT2D eigenvalue weighted by molar-refractivity contribution is 6.31. The predicted molar refractivity (Wildman–Crippen MR) is 113 cm³/mol. The zero-order chi connectivity index (χ0) is 20.6. The molecule has 0 N–H and O–H groups in total. The van der Waals surface area contributed by atoms with Crippen molar-refractivity contribution in [1.82, 2.24) is 9.80 Å². The van der Waals surface area contributed by atoms with Gasteiger partial charge in [-0.05, 0) is 69.7 Å². The molecule has 158 valence electrons. The predicted octanol–water partition coefficient (Wildman–Crippen LogP) is 3.78. The maximum Gasteiger partial charge on any atom is 0.332 e. The van der Waals surface area contributed by atoms with Crippen LogP contribution in [0.2, 0.25) is 5.02 Å². The van der Waals surface area contributed by atoms with Crippen LogP contribution in [-0.4, -0.2) is 66.2 Å². The summed E-state index contributed by atoms with van der Waals surface area (Å²) in [6, 6.07) is 6.71. The highest BCUT2D eigenvalue weighted by atomic mass is 35.5. The van der Waals surface area contributed by atoms with Gasteiger partial charge in [-0.2, -0.15) is 0 Å². The fourth-order valence-electron chi connectivity index (χ4n) is 5.18. The minimum absolute atomic E-state index is 0.0917. The van der Waals surface area contributed by atoms with Crippen LogP contribution in [0.3, 0.4) is 0 Å². The van der Waals surface area contributed by atoms with E-state index in [2.05, 4.69) is 11.8 Å². The Kier molecular flexibility index (Phi) is 5.87. The molecule has 2 atom stereocenters. The Morgan fingerprint density at radius 1 is 1.17 bits per heavy atom. The number of amides is 3. The molecule has 0 bridgehead atoms. The van der Waals surface area contributed by atoms with E-state index < -0.39 is 5.54 Å². The first-order chi connectivity index (χ1) is 13.9. The van der Waals surface area contributed by atoms with E-state index in [-0.39, 0.29) is 11.9 Å². The second kappa shape index (κ2) is 8.25. The number of urea groups is 1. The smallest absolute Gasteiger partial charge is 0.332 e. The topological polar surface area (TPSA) is 53.1 Å². The average molecular weight is 420 g/mol. The molecular formula is C22H30ClN3O3. The number of imide groups is 1. The van der Waals surface area contributed by atoms with Crippen molar-refractivity contribution in [1.29, 1.82) is 0 Å². The number of anilines is 1. The van der Waals surface area contributed by atoms with Crippen molar-refractivity contribution in [3.63, 3.8) is 0 Å². The van der Waals surface area contributed by atoms with E-state index in [1.165, 1.54) is 4.90 Å². The van der Waals surface area contributed by atoms with E-state index >= 15 is 0 Å². The van der Waals surface area contributed by atoms with Crippen LogP contribution in [0.1, 0.15) is 39.5 Å². The summed E-state index contributed by atoms with van der Waals surface area (Å²) >= 11 is 5.98. The number of halogens is 1. The summed E-state index contributed by atoms with van der Waals surface area (Å²) in [5.74, 6) is 0.563. The number of likely N-dealkylation sites (N-methyl/N-ethyl adjacent to an activating group) is 1. The normalized spacial score (nSPS) is 27.8. The van der Waals surface area contributed by atoms with E-state index in [4.69, 9.17) is 16.3 Å². The van der Waals surface area contributed by atoms with Gasteiger partial charge in [0.1, 0.15) is 5.54 Å². The molecular weight excluding hydrogens is 390 g/mol. The molecule has 29 heavy (non-hydrogen) atoms. The van der Waals surface area contributed by atoms with Crippen LogP contribution < -0.4 is 4.90 Å². The van der Waals surface area contributed by atoms with E-state index in [1.54, 1.807) is 29.2 Å². The lowest BCUT2D eigenvalue weighted by Gasteiger charge is -2.43. The zero-order valence-electron chi connectivity index (χ0n) is 17.3. The number of hydrogen-bond donors (Lipinski definition) is 0. The number of carbonyl (C=O) groups excluding carboxylic acids is 2. The molecule has 3 saturated heterocycles. The maximum absolute atomic E-state index is 13.5. The minimum atomic E-state index is -0.717. The lowest BCUT2D eigenvalue weighted by atomic mass is 9.85. The van der Waals surface area contributed by atoms with Gasteiger partial charge in [0, 0.05) is 37.8 Å². The molecule has 1 spiro atoms. The number of piperidine rings is 1. The van der Waals surface area contributed by atoms with E-state index in [0.29, 0.717) is 42.1 Å². The van der Waals surface area contributed by atoms with E-state index in [1.807, 2.05) is 6.92 Å². The van der Waals surface area contributed by atoms with Gasteiger partial charge >= 0.3 is 6.03 Å². The van der Waals surface area contributed by atoms with Gasteiger partial charge in [0.2, 0.25) is 0 Å². The van der Waals surface area contributed by atoms with Crippen LogP contribution in [0, 0.1) is 5.92 Å². The molecule has 4 rings (SSSR count). The summed E-state index contributed by atoms with van der Waals surface area (Å²) in [5, 5.41) is 0.589. The van der Waals surface area contributed by atoms with Crippen molar-refractivity contribution < 1.29 is 14.3 Å². The van der Waals surface area contributed by atoms with Gasteiger partial charge in [0.05, 0.1) is 11.8 Å². The summed E-state index contributed by atoms with van der Waals surface area (Å²) in [5.41, 5.74) is -0.122. The molecule has 3 amide bonds. The Morgan fingerprint density at radius 2 is 1.86 bits per heavy atom. The zero-order valence-corrected chi connectivity index (χ0v) is 18.0. The summed E-state index contributed by atoms with van der Waals surface area (Å²) in [4.78, 5) is 32.2. The molecule has 3 aliphatic heterocycles. The van der Waals surface area contributed by atoms with Gasteiger partial charge < -0.3 is 14.5 Å². The van der Waals surface area contributed by atoms with Crippen molar-refractivity contribution >= 4 is 29.2 Å². The van der Waals surface area contributed by atoms with Crippen molar-refractivity contribution in [2.24, 2.45) is 5.92 Å². The molecule has 3 aliphatic rings. The summed E-state index contributed by atoms with van der Waals surface area (Å²) in [7, 11) is 0. The van der Waals surface area contributed by atoms with Gasteiger partial charge in [-0.3, -0.25) is 4.79 Å². The first-order valence-corrected chi connectivity index (χ1v) is 11.1. The van der Waals surface area contributed by atoms with Crippen LogP contribution in [0.5, 0.6) is 0 Å². The highest BCUT2D eigenvalue weighted by Gasteiger charge is 2.57. The van der Waals surface area contributed by atoms with Crippen molar-refractivity contribution in [2.45, 2.75) is 51.2 Å². The maximum atomic E-state index is 13.5. The molecule has 7 heteroatoms. The number of ether oxygens (including phenoxy) is 1.